The molecule has 2 atom stereocenters. The van der Waals surface area contributed by atoms with Gasteiger partial charge in [0, 0.05) is 13.1 Å². The molecule has 2 saturated heterocycles. The summed E-state index contributed by atoms with van der Waals surface area (Å²) in [5.74, 6) is 0. The van der Waals surface area contributed by atoms with Crippen LogP contribution in [0.25, 0.3) is 0 Å². The molecule has 0 bridgehead atoms. The van der Waals surface area contributed by atoms with Gasteiger partial charge in [0.2, 0.25) is 0 Å². The van der Waals surface area contributed by atoms with Crippen molar-refractivity contribution in [2.45, 2.75) is 18.6 Å². The van der Waals surface area contributed by atoms with Crippen molar-refractivity contribution in [3.05, 3.63) is 12.7 Å². The first-order valence-corrected chi connectivity index (χ1v) is 4.62. The summed E-state index contributed by atoms with van der Waals surface area (Å²) in [6, 6.07) is 0.208. The monoisotopic (exact) mass is 182 g/mol. The standard InChI is InChI=1S/C9H14N2O2/c1-2-5-11-7-6-10-4-3-8(7)13-9(11)12/h2,7-8,10H,1,3-6H2. The molecule has 2 heterocycles. The van der Waals surface area contributed by atoms with Crippen molar-refractivity contribution < 1.29 is 9.53 Å². The molecule has 1 amide bonds. The van der Waals surface area contributed by atoms with Gasteiger partial charge in [-0.25, -0.2) is 4.79 Å². The summed E-state index contributed by atoms with van der Waals surface area (Å²) in [5, 5.41) is 3.26. The molecule has 2 unspecified atom stereocenters. The van der Waals surface area contributed by atoms with Gasteiger partial charge < -0.3 is 10.1 Å². The molecule has 0 aromatic carbocycles. The van der Waals surface area contributed by atoms with Crippen LogP contribution in [0.15, 0.2) is 12.7 Å². The van der Waals surface area contributed by atoms with E-state index in [9.17, 15) is 4.79 Å². The average Bonchev–Trinajstić information content (AvgIpc) is 2.44. The molecule has 72 valence electrons. The highest BCUT2D eigenvalue weighted by molar-refractivity contribution is 5.71. The van der Waals surface area contributed by atoms with E-state index in [-0.39, 0.29) is 18.2 Å². The van der Waals surface area contributed by atoms with Gasteiger partial charge in [-0.05, 0) is 13.0 Å². The number of nitrogens with one attached hydrogen (secondary N) is 1. The lowest BCUT2D eigenvalue weighted by atomic mass is 10.0. The van der Waals surface area contributed by atoms with Crippen LogP contribution in [0.2, 0.25) is 0 Å². The van der Waals surface area contributed by atoms with Gasteiger partial charge in [0.15, 0.2) is 0 Å². The number of fused-ring (bicyclic) bond motifs is 1. The number of hydrogen-bond donors (Lipinski definition) is 1. The Kier molecular flexibility index (Phi) is 2.22. The molecular weight excluding hydrogens is 168 g/mol. The number of ether oxygens (including phenoxy) is 1. The second kappa shape index (κ2) is 3.38. The van der Waals surface area contributed by atoms with Crippen molar-refractivity contribution in [1.82, 2.24) is 10.2 Å². The fraction of sp³-hybridized carbons (Fsp3) is 0.667. The van der Waals surface area contributed by atoms with Gasteiger partial charge >= 0.3 is 6.09 Å². The molecule has 2 aliphatic rings. The molecular formula is C9H14N2O2. The molecule has 0 spiro atoms. The molecule has 0 aliphatic carbocycles. The van der Waals surface area contributed by atoms with Crippen molar-refractivity contribution in [3.63, 3.8) is 0 Å². The Balaban J connectivity index is 2.08. The highest BCUT2D eigenvalue weighted by atomic mass is 16.6. The third-order valence-electron chi connectivity index (χ3n) is 2.60. The fourth-order valence-electron chi connectivity index (χ4n) is 1.95. The number of hydrogen-bond acceptors (Lipinski definition) is 3. The van der Waals surface area contributed by atoms with Gasteiger partial charge in [-0.3, -0.25) is 4.90 Å². The summed E-state index contributed by atoms with van der Waals surface area (Å²) < 4.78 is 5.23. The predicted molar refractivity (Wildman–Crippen MR) is 48.4 cm³/mol. The molecule has 0 aromatic rings. The SMILES string of the molecule is C=CCN1C(=O)OC2CCNCC21. The third kappa shape index (κ3) is 1.42. The van der Waals surface area contributed by atoms with Gasteiger partial charge in [0.25, 0.3) is 0 Å². The highest BCUT2D eigenvalue weighted by Gasteiger charge is 2.41. The van der Waals surface area contributed by atoms with Crippen LogP contribution < -0.4 is 5.32 Å². The van der Waals surface area contributed by atoms with Gasteiger partial charge in [-0.1, -0.05) is 6.08 Å². The third-order valence-corrected chi connectivity index (χ3v) is 2.60. The van der Waals surface area contributed by atoms with Crippen LogP contribution in [0, 0.1) is 0 Å². The first-order valence-electron chi connectivity index (χ1n) is 4.62. The average molecular weight is 182 g/mol. The molecule has 13 heavy (non-hydrogen) atoms. The van der Waals surface area contributed by atoms with Gasteiger partial charge in [-0.15, -0.1) is 6.58 Å². The number of carbonyl (C=O) groups excluding carboxylic acids is 1. The van der Waals surface area contributed by atoms with Gasteiger partial charge in [0.05, 0.1) is 6.04 Å². The smallest absolute Gasteiger partial charge is 0.410 e. The van der Waals surface area contributed by atoms with Gasteiger partial charge in [-0.2, -0.15) is 0 Å². The lowest BCUT2D eigenvalue weighted by Crippen LogP contribution is -2.48. The second-order valence-electron chi connectivity index (χ2n) is 3.42. The molecule has 0 radical (unpaired) electrons. The maximum atomic E-state index is 11.4. The van der Waals surface area contributed by atoms with Crippen LogP contribution in [0.5, 0.6) is 0 Å². The first kappa shape index (κ1) is 8.56. The Bertz CT molecular complexity index is 230. The van der Waals surface area contributed by atoms with E-state index in [1.54, 1.807) is 11.0 Å². The molecule has 2 aliphatic heterocycles. The number of carbonyl (C=O) groups is 1. The zero-order valence-corrected chi connectivity index (χ0v) is 7.53. The molecule has 4 heteroatoms. The lowest BCUT2D eigenvalue weighted by Gasteiger charge is -2.27. The molecule has 0 saturated carbocycles. The molecule has 4 nitrogen and oxygen atoms in total. The Morgan fingerprint density at radius 1 is 1.77 bits per heavy atom. The summed E-state index contributed by atoms with van der Waals surface area (Å²) >= 11 is 0. The summed E-state index contributed by atoms with van der Waals surface area (Å²) in [7, 11) is 0. The lowest BCUT2D eigenvalue weighted by molar-refractivity contribution is 0.117. The van der Waals surface area contributed by atoms with E-state index < -0.39 is 0 Å². The minimum Gasteiger partial charge on any atom is -0.444 e. The van der Waals surface area contributed by atoms with E-state index in [0.717, 1.165) is 19.5 Å². The van der Waals surface area contributed by atoms with E-state index in [2.05, 4.69) is 11.9 Å². The number of nitrogens with zero attached hydrogens (tertiary/aromatic N) is 1. The molecule has 2 fully saturated rings. The number of amides is 1. The summed E-state index contributed by atoms with van der Waals surface area (Å²) in [5.41, 5.74) is 0. The minimum atomic E-state index is -0.196. The molecule has 0 aromatic heterocycles. The molecule has 2 rings (SSSR count). The van der Waals surface area contributed by atoms with Gasteiger partial charge in [0.1, 0.15) is 6.10 Å². The topological polar surface area (TPSA) is 41.6 Å². The van der Waals surface area contributed by atoms with Crippen LogP contribution in [-0.4, -0.2) is 42.8 Å². The largest absolute Gasteiger partial charge is 0.444 e. The van der Waals surface area contributed by atoms with Crippen molar-refractivity contribution >= 4 is 6.09 Å². The van der Waals surface area contributed by atoms with Crippen LogP contribution in [-0.2, 0) is 4.74 Å². The number of rotatable bonds is 2. The van der Waals surface area contributed by atoms with E-state index in [1.807, 2.05) is 0 Å². The van der Waals surface area contributed by atoms with Crippen molar-refractivity contribution in [3.8, 4) is 0 Å². The normalized spacial score (nSPS) is 32.6. The zero-order chi connectivity index (χ0) is 9.26. The minimum absolute atomic E-state index is 0.0914. The van der Waals surface area contributed by atoms with Crippen LogP contribution in [0.4, 0.5) is 4.79 Å². The maximum absolute atomic E-state index is 11.4. The summed E-state index contributed by atoms with van der Waals surface area (Å²) in [6.45, 7) is 5.99. The quantitative estimate of drug-likeness (QED) is 0.627. The van der Waals surface area contributed by atoms with Crippen molar-refractivity contribution in [2.24, 2.45) is 0 Å². The second-order valence-corrected chi connectivity index (χ2v) is 3.42. The Morgan fingerprint density at radius 3 is 3.38 bits per heavy atom. The molecule has 1 N–H and O–H groups in total. The number of piperidine rings is 1. The summed E-state index contributed by atoms with van der Waals surface area (Å²) in [6.07, 6.45) is 2.55. The van der Waals surface area contributed by atoms with E-state index in [0.29, 0.717) is 6.54 Å². The fourth-order valence-corrected chi connectivity index (χ4v) is 1.95. The van der Waals surface area contributed by atoms with Crippen LogP contribution in [0.1, 0.15) is 6.42 Å². The van der Waals surface area contributed by atoms with Crippen LogP contribution >= 0.6 is 0 Å². The van der Waals surface area contributed by atoms with Crippen molar-refractivity contribution in [2.75, 3.05) is 19.6 Å². The van der Waals surface area contributed by atoms with E-state index >= 15 is 0 Å². The van der Waals surface area contributed by atoms with Crippen molar-refractivity contribution in [1.29, 1.82) is 0 Å². The Hall–Kier alpha value is -1.03. The van der Waals surface area contributed by atoms with E-state index in [1.165, 1.54) is 0 Å². The first-order chi connectivity index (χ1) is 6.33. The van der Waals surface area contributed by atoms with E-state index in [4.69, 9.17) is 4.74 Å². The predicted octanol–water partition coefficient (Wildman–Crippen LogP) is 0.355. The summed E-state index contributed by atoms with van der Waals surface area (Å²) in [4.78, 5) is 13.1. The Morgan fingerprint density at radius 2 is 2.62 bits per heavy atom. The maximum Gasteiger partial charge on any atom is 0.410 e. The highest BCUT2D eigenvalue weighted by Crippen LogP contribution is 2.23. The Labute approximate surface area is 77.5 Å². The zero-order valence-electron chi connectivity index (χ0n) is 7.53. The van der Waals surface area contributed by atoms with Crippen LogP contribution in [0.3, 0.4) is 0 Å².